The van der Waals surface area contributed by atoms with Gasteiger partial charge < -0.3 is 10.6 Å². The summed E-state index contributed by atoms with van der Waals surface area (Å²) in [6, 6.07) is -0.389. The predicted molar refractivity (Wildman–Crippen MR) is 55.3 cm³/mol. The molecule has 0 fully saturated rings. The molecule has 76 valence electrons. The van der Waals surface area contributed by atoms with Crippen molar-refractivity contribution in [3.8, 4) is 0 Å². The summed E-state index contributed by atoms with van der Waals surface area (Å²) in [6.07, 6.45) is 1.72. The van der Waals surface area contributed by atoms with E-state index in [1.165, 1.54) is 0 Å². The monoisotopic (exact) mass is 184 g/mol. The van der Waals surface area contributed by atoms with Gasteiger partial charge in [-0.05, 0) is 12.8 Å². The standard InChI is InChI=1S/C10H20N2O/c1-5-7-12(6-2)10(13)9(11)8(3)4/h5,8-9H,1,6-7,11H2,2-4H3. The number of likely N-dealkylation sites (N-methyl/N-ethyl adjacent to an activating group) is 1. The second-order valence-electron chi connectivity index (χ2n) is 3.44. The third kappa shape index (κ3) is 3.59. The van der Waals surface area contributed by atoms with Gasteiger partial charge in [-0.2, -0.15) is 0 Å². The van der Waals surface area contributed by atoms with Gasteiger partial charge >= 0.3 is 0 Å². The summed E-state index contributed by atoms with van der Waals surface area (Å²) in [7, 11) is 0. The first-order valence-corrected chi connectivity index (χ1v) is 4.69. The largest absolute Gasteiger partial charge is 0.338 e. The molecule has 2 N–H and O–H groups in total. The minimum atomic E-state index is -0.389. The molecule has 1 unspecified atom stereocenters. The van der Waals surface area contributed by atoms with E-state index in [1.54, 1.807) is 11.0 Å². The molecule has 0 aliphatic rings. The molecule has 0 radical (unpaired) electrons. The Bertz CT molecular complexity index is 178. The van der Waals surface area contributed by atoms with Crippen molar-refractivity contribution < 1.29 is 4.79 Å². The Morgan fingerprint density at radius 2 is 2.15 bits per heavy atom. The van der Waals surface area contributed by atoms with E-state index in [0.717, 1.165) is 0 Å². The first-order valence-electron chi connectivity index (χ1n) is 4.69. The van der Waals surface area contributed by atoms with Crippen LogP contribution in [0.5, 0.6) is 0 Å². The van der Waals surface area contributed by atoms with Crippen LogP contribution < -0.4 is 5.73 Å². The van der Waals surface area contributed by atoms with Crippen molar-refractivity contribution in [1.82, 2.24) is 4.90 Å². The van der Waals surface area contributed by atoms with Crippen molar-refractivity contribution in [1.29, 1.82) is 0 Å². The first kappa shape index (κ1) is 12.2. The average molecular weight is 184 g/mol. The van der Waals surface area contributed by atoms with Gasteiger partial charge in [-0.15, -0.1) is 6.58 Å². The average Bonchev–Trinajstić information content (AvgIpc) is 2.11. The molecule has 0 aromatic heterocycles. The summed E-state index contributed by atoms with van der Waals surface area (Å²) in [4.78, 5) is 13.4. The molecule has 0 saturated heterocycles. The van der Waals surface area contributed by atoms with Crippen molar-refractivity contribution in [3.63, 3.8) is 0 Å². The Morgan fingerprint density at radius 3 is 2.46 bits per heavy atom. The van der Waals surface area contributed by atoms with Crippen LogP contribution >= 0.6 is 0 Å². The van der Waals surface area contributed by atoms with Gasteiger partial charge in [0.2, 0.25) is 5.91 Å². The summed E-state index contributed by atoms with van der Waals surface area (Å²) in [5.74, 6) is 0.198. The normalized spacial score (nSPS) is 12.7. The lowest BCUT2D eigenvalue weighted by Gasteiger charge is -2.24. The van der Waals surface area contributed by atoms with Gasteiger partial charge in [0.25, 0.3) is 0 Å². The van der Waals surface area contributed by atoms with Crippen LogP contribution in [0.4, 0.5) is 0 Å². The van der Waals surface area contributed by atoms with E-state index >= 15 is 0 Å². The Morgan fingerprint density at radius 1 is 1.62 bits per heavy atom. The van der Waals surface area contributed by atoms with E-state index < -0.39 is 0 Å². The van der Waals surface area contributed by atoms with Crippen LogP contribution in [0, 0.1) is 5.92 Å². The molecule has 0 rings (SSSR count). The highest BCUT2D eigenvalue weighted by Gasteiger charge is 2.21. The highest BCUT2D eigenvalue weighted by atomic mass is 16.2. The maximum absolute atomic E-state index is 11.7. The Hall–Kier alpha value is -0.830. The predicted octanol–water partition coefficient (Wildman–Crippen LogP) is 1.00. The highest BCUT2D eigenvalue weighted by Crippen LogP contribution is 2.03. The maximum Gasteiger partial charge on any atom is 0.240 e. The Balaban J connectivity index is 4.27. The zero-order valence-electron chi connectivity index (χ0n) is 8.79. The number of amides is 1. The molecule has 0 aromatic rings. The molecule has 3 nitrogen and oxygen atoms in total. The summed E-state index contributed by atoms with van der Waals surface area (Å²) in [5, 5.41) is 0. The van der Waals surface area contributed by atoms with Crippen molar-refractivity contribution in [2.45, 2.75) is 26.8 Å². The molecule has 0 aliphatic heterocycles. The first-order chi connectivity index (χ1) is 6.04. The number of nitrogens with two attached hydrogens (primary N) is 1. The lowest BCUT2D eigenvalue weighted by atomic mass is 10.0. The molecule has 1 atom stereocenters. The molecule has 1 amide bonds. The fraction of sp³-hybridized carbons (Fsp3) is 0.700. The fourth-order valence-corrected chi connectivity index (χ4v) is 1.03. The van der Waals surface area contributed by atoms with E-state index in [-0.39, 0.29) is 17.9 Å². The molecule has 13 heavy (non-hydrogen) atoms. The number of carbonyl (C=O) groups is 1. The van der Waals surface area contributed by atoms with Crippen LogP contribution in [0.25, 0.3) is 0 Å². The van der Waals surface area contributed by atoms with Crippen molar-refractivity contribution in [2.75, 3.05) is 13.1 Å². The number of carbonyl (C=O) groups excluding carboxylic acids is 1. The van der Waals surface area contributed by atoms with Crippen molar-refractivity contribution >= 4 is 5.91 Å². The maximum atomic E-state index is 11.7. The number of nitrogens with zero attached hydrogens (tertiary/aromatic N) is 1. The lowest BCUT2D eigenvalue weighted by molar-refractivity contribution is -0.132. The van der Waals surface area contributed by atoms with Crippen LogP contribution in [-0.4, -0.2) is 29.9 Å². The third-order valence-electron chi connectivity index (χ3n) is 2.05. The van der Waals surface area contributed by atoms with Crippen LogP contribution in [0.15, 0.2) is 12.7 Å². The summed E-state index contributed by atoms with van der Waals surface area (Å²) in [6.45, 7) is 10.7. The molecule has 0 aliphatic carbocycles. The van der Waals surface area contributed by atoms with Gasteiger partial charge in [-0.25, -0.2) is 0 Å². The molecule has 0 saturated carbocycles. The molecular weight excluding hydrogens is 164 g/mol. The summed E-state index contributed by atoms with van der Waals surface area (Å²) in [5.41, 5.74) is 5.74. The third-order valence-corrected chi connectivity index (χ3v) is 2.05. The van der Waals surface area contributed by atoms with Gasteiger partial charge in [0.05, 0.1) is 6.04 Å². The quantitative estimate of drug-likeness (QED) is 0.648. The molecule has 0 aromatic carbocycles. The smallest absolute Gasteiger partial charge is 0.240 e. The van der Waals surface area contributed by atoms with Crippen molar-refractivity contribution in [2.24, 2.45) is 11.7 Å². The topological polar surface area (TPSA) is 46.3 Å². The van der Waals surface area contributed by atoms with Gasteiger partial charge in [-0.3, -0.25) is 4.79 Å². The minimum absolute atomic E-state index is 0.0115. The molecule has 0 spiro atoms. The summed E-state index contributed by atoms with van der Waals surface area (Å²) < 4.78 is 0. The zero-order valence-corrected chi connectivity index (χ0v) is 8.79. The summed E-state index contributed by atoms with van der Waals surface area (Å²) >= 11 is 0. The SMILES string of the molecule is C=CCN(CC)C(=O)C(N)C(C)C. The number of rotatable bonds is 5. The molecule has 3 heteroatoms. The number of hydrogen-bond donors (Lipinski definition) is 1. The van der Waals surface area contributed by atoms with Gasteiger partial charge in [0, 0.05) is 13.1 Å². The minimum Gasteiger partial charge on any atom is -0.338 e. The molecule has 0 bridgehead atoms. The van der Waals surface area contributed by atoms with E-state index in [4.69, 9.17) is 5.73 Å². The van der Waals surface area contributed by atoms with Crippen molar-refractivity contribution in [3.05, 3.63) is 12.7 Å². The number of hydrogen-bond acceptors (Lipinski definition) is 2. The van der Waals surface area contributed by atoms with Crippen LogP contribution in [0.2, 0.25) is 0 Å². The van der Waals surface area contributed by atoms with E-state index in [9.17, 15) is 4.79 Å². The van der Waals surface area contributed by atoms with Gasteiger partial charge in [-0.1, -0.05) is 19.9 Å². The lowest BCUT2D eigenvalue weighted by Crippen LogP contribution is -2.46. The fourth-order valence-electron chi connectivity index (χ4n) is 1.03. The van der Waals surface area contributed by atoms with Crippen LogP contribution in [-0.2, 0) is 4.79 Å². The van der Waals surface area contributed by atoms with Crippen LogP contribution in [0.3, 0.4) is 0 Å². The van der Waals surface area contributed by atoms with E-state index in [2.05, 4.69) is 6.58 Å². The van der Waals surface area contributed by atoms with E-state index in [1.807, 2.05) is 20.8 Å². The Labute approximate surface area is 80.6 Å². The molecular formula is C10H20N2O. The molecule has 0 heterocycles. The second-order valence-corrected chi connectivity index (χ2v) is 3.44. The highest BCUT2D eigenvalue weighted by molar-refractivity contribution is 5.82. The Kier molecular flexibility index (Phi) is 5.39. The zero-order chi connectivity index (χ0) is 10.4. The van der Waals surface area contributed by atoms with Gasteiger partial charge in [0.1, 0.15) is 0 Å². The van der Waals surface area contributed by atoms with Gasteiger partial charge in [0.15, 0.2) is 0 Å². The second kappa shape index (κ2) is 5.75. The van der Waals surface area contributed by atoms with E-state index in [0.29, 0.717) is 13.1 Å². The van der Waals surface area contributed by atoms with Crippen LogP contribution in [0.1, 0.15) is 20.8 Å².